The van der Waals surface area contributed by atoms with Gasteiger partial charge in [0.1, 0.15) is 11.6 Å². The topological polar surface area (TPSA) is 91.1 Å². The van der Waals surface area contributed by atoms with E-state index in [1.807, 2.05) is 17.6 Å². The molecule has 5 rings (SSSR count). The van der Waals surface area contributed by atoms with Crippen molar-refractivity contribution < 1.29 is 0 Å². The SMILES string of the molecule is Cc1nc2cncc(N3CCN(Cc4nc(C5CC5)n[nH]4)CC3)n2n1. The van der Waals surface area contributed by atoms with Crippen LogP contribution >= 0.6 is 0 Å². The Hall–Kier alpha value is -2.55. The van der Waals surface area contributed by atoms with Crippen molar-refractivity contribution in [3.8, 4) is 0 Å². The van der Waals surface area contributed by atoms with Crippen LogP contribution in [-0.2, 0) is 6.54 Å². The summed E-state index contributed by atoms with van der Waals surface area (Å²) in [5, 5.41) is 11.9. The van der Waals surface area contributed by atoms with E-state index in [-0.39, 0.29) is 0 Å². The van der Waals surface area contributed by atoms with Crippen molar-refractivity contribution in [2.24, 2.45) is 0 Å². The van der Waals surface area contributed by atoms with Gasteiger partial charge in [-0.3, -0.25) is 15.0 Å². The molecule has 2 fully saturated rings. The molecule has 0 atom stereocenters. The summed E-state index contributed by atoms with van der Waals surface area (Å²) in [5.41, 5.74) is 0.798. The zero-order chi connectivity index (χ0) is 16.8. The third kappa shape index (κ3) is 2.84. The van der Waals surface area contributed by atoms with E-state index in [9.17, 15) is 0 Å². The third-order valence-corrected chi connectivity index (χ3v) is 4.90. The molecule has 0 bridgehead atoms. The molecule has 9 heteroatoms. The number of anilines is 1. The van der Waals surface area contributed by atoms with Crippen LogP contribution in [0.4, 0.5) is 5.82 Å². The maximum Gasteiger partial charge on any atom is 0.176 e. The molecule has 3 aromatic rings. The quantitative estimate of drug-likeness (QED) is 0.750. The van der Waals surface area contributed by atoms with Crippen LogP contribution in [0.5, 0.6) is 0 Å². The third-order valence-electron chi connectivity index (χ3n) is 4.90. The van der Waals surface area contributed by atoms with E-state index in [2.05, 4.69) is 40.0 Å². The minimum Gasteiger partial charge on any atom is -0.353 e. The Labute approximate surface area is 145 Å². The highest BCUT2D eigenvalue weighted by Gasteiger charge is 2.28. The largest absolute Gasteiger partial charge is 0.353 e. The number of hydrogen-bond acceptors (Lipinski definition) is 7. The first kappa shape index (κ1) is 14.8. The number of H-pyrrole nitrogens is 1. The van der Waals surface area contributed by atoms with E-state index in [0.717, 1.165) is 61.7 Å². The Morgan fingerprint density at radius 2 is 1.96 bits per heavy atom. The molecule has 0 amide bonds. The molecule has 130 valence electrons. The first-order valence-corrected chi connectivity index (χ1v) is 8.82. The lowest BCUT2D eigenvalue weighted by Gasteiger charge is -2.35. The summed E-state index contributed by atoms with van der Waals surface area (Å²) in [6.07, 6.45) is 6.09. The van der Waals surface area contributed by atoms with E-state index >= 15 is 0 Å². The summed E-state index contributed by atoms with van der Waals surface area (Å²) < 4.78 is 1.89. The number of nitrogens with zero attached hydrogens (tertiary/aromatic N) is 8. The smallest absolute Gasteiger partial charge is 0.176 e. The summed E-state index contributed by atoms with van der Waals surface area (Å²) in [7, 11) is 0. The number of aryl methyl sites for hydroxylation is 1. The molecular formula is C16H21N9. The van der Waals surface area contributed by atoms with Gasteiger partial charge in [0.25, 0.3) is 0 Å². The van der Waals surface area contributed by atoms with Crippen LogP contribution in [0, 0.1) is 6.92 Å². The summed E-state index contributed by atoms with van der Waals surface area (Å²) >= 11 is 0. The lowest BCUT2D eigenvalue weighted by Crippen LogP contribution is -2.46. The highest BCUT2D eigenvalue weighted by molar-refractivity contribution is 5.47. The van der Waals surface area contributed by atoms with Gasteiger partial charge in [-0.05, 0) is 19.8 Å². The number of fused-ring (bicyclic) bond motifs is 1. The Morgan fingerprint density at radius 3 is 2.76 bits per heavy atom. The molecule has 1 N–H and O–H groups in total. The van der Waals surface area contributed by atoms with Crippen LogP contribution < -0.4 is 4.90 Å². The average molecular weight is 339 g/mol. The van der Waals surface area contributed by atoms with Gasteiger partial charge in [0.05, 0.1) is 18.9 Å². The molecule has 0 spiro atoms. The molecule has 3 aromatic heterocycles. The number of hydrogen-bond donors (Lipinski definition) is 1. The molecule has 1 aliphatic heterocycles. The van der Waals surface area contributed by atoms with Crippen LogP contribution in [0.15, 0.2) is 12.4 Å². The molecule has 1 saturated carbocycles. The Bertz CT molecular complexity index is 886. The summed E-state index contributed by atoms with van der Waals surface area (Å²) in [6, 6.07) is 0. The second kappa shape index (κ2) is 5.76. The van der Waals surface area contributed by atoms with Crippen molar-refractivity contribution >= 4 is 11.5 Å². The number of rotatable bonds is 4. The average Bonchev–Trinajstić information content (AvgIpc) is 3.24. The highest BCUT2D eigenvalue weighted by atomic mass is 15.4. The van der Waals surface area contributed by atoms with Crippen molar-refractivity contribution in [1.82, 2.24) is 39.7 Å². The van der Waals surface area contributed by atoms with E-state index in [1.165, 1.54) is 12.8 Å². The van der Waals surface area contributed by atoms with Gasteiger partial charge >= 0.3 is 0 Å². The molecule has 0 unspecified atom stereocenters. The molecule has 0 aromatic carbocycles. The van der Waals surface area contributed by atoms with Crippen LogP contribution in [0.25, 0.3) is 5.65 Å². The molecule has 4 heterocycles. The molecular weight excluding hydrogens is 318 g/mol. The Kier molecular flexibility index (Phi) is 3.40. The minimum absolute atomic E-state index is 0.598. The van der Waals surface area contributed by atoms with Crippen LogP contribution in [0.2, 0.25) is 0 Å². The molecule has 1 saturated heterocycles. The van der Waals surface area contributed by atoms with Crippen molar-refractivity contribution in [2.75, 3.05) is 31.1 Å². The summed E-state index contributed by atoms with van der Waals surface area (Å²) in [6.45, 7) is 6.56. The Balaban J connectivity index is 1.25. The Morgan fingerprint density at radius 1 is 1.12 bits per heavy atom. The van der Waals surface area contributed by atoms with Gasteiger partial charge in [-0.25, -0.2) is 9.97 Å². The van der Waals surface area contributed by atoms with Gasteiger partial charge in [-0.2, -0.15) is 9.61 Å². The second-order valence-electron chi connectivity index (χ2n) is 6.87. The standard InChI is InChI=1S/C16H21N9/c1-11-18-14-8-17-9-15(25(14)22-11)24-6-4-23(5-7-24)10-13-19-16(21-20-13)12-2-3-12/h8-9,12H,2-7,10H2,1H3,(H,19,20,21). The minimum atomic E-state index is 0.598. The lowest BCUT2D eigenvalue weighted by molar-refractivity contribution is 0.243. The summed E-state index contributed by atoms with van der Waals surface area (Å²) in [4.78, 5) is 18.1. The van der Waals surface area contributed by atoms with Gasteiger partial charge < -0.3 is 4.90 Å². The zero-order valence-electron chi connectivity index (χ0n) is 14.3. The molecule has 2 aliphatic rings. The normalized spacial score (nSPS) is 19.0. The van der Waals surface area contributed by atoms with Crippen molar-refractivity contribution in [1.29, 1.82) is 0 Å². The predicted molar refractivity (Wildman–Crippen MR) is 91.4 cm³/mol. The summed E-state index contributed by atoms with van der Waals surface area (Å²) in [5.74, 6) is 4.35. The number of aromatic amines is 1. The zero-order valence-corrected chi connectivity index (χ0v) is 14.3. The van der Waals surface area contributed by atoms with Crippen LogP contribution in [-0.4, -0.2) is 65.8 Å². The van der Waals surface area contributed by atoms with E-state index in [0.29, 0.717) is 5.92 Å². The van der Waals surface area contributed by atoms with Gasteiger partial charge in [0, 0.05) is 32.1 Å². The van der Waals surface area contributed by atoms with Crippen molar-refractivity contribution in [2.45, 2.75) is 32.2 Å². The van der Waals surface area contributed by atoms with E-state index in [1.54, 1.807) is 6.20 Å². The fourth-order valence-electron chi connectivity index (χ4n) is 3.38. The molecule has 1 aliphatic carbocycles. The second-order valence-corrected chi connectivity index (χ2v) is 6.87. The lowest BCUT2D eigenvalue weighted by atomic mass is 10.3. The van der Waals surface area contributed by atoms with Gasteiger partial charge in [0.2, 0.25) is 0 Å². The van der Waals surface area contributed by atoms with Crippen molar-refractivity contribution in [3.63, 3.8) is 0 Å². The first-order valence-electron chi connectivity index (χ1n) is 8.82. The number of nitrogens with one attached hydrogen (secondary N) is 1. The predicted octanol–water partition coefficient (Wildman–Crippen LogP) is 0.750. The number of piperazine rings is 1. The fraction of sp³-hybridized carbons (Fsp3) is 0.562. The molecule has 9 nitrogen and oxygen atoms in total. The maximum atomic E-state index is 4.63. The fourth-order valence-corrected chi connectivity index (χ4v) is 3.38. The maximum absolute atomic E-state index is 4.63. The van der Waals surface area contributed by atoms with E-state index < -0.39 is 0 Å². The molecule has 0 radical (unpaired) electrons. The van der Waals surface area contributed by atoms with Crippen LogP contribution in [0.1, 0.15) is 36.2 Å². The van der Waals surface area contributed by atoms with Gasteiger partial charge in [0.15, 0.2) is 17.3 Å². The van der Waals surface area contributed by atoms with E-state index in [4.69, 9.17) is 0 Å². The highest BCUT2D eigenvalue weighted by Crippen LogP contribution is 2.37. The molecule has 25 heavy (non-hydrogen) atoms. The van der Waals surface area contributed by atoms with Crippen molar-refractivity contribution in [3.05, 3.63) is 29.9 Å². The van der Waals surface area contributed by atoms with Gasteiger partial charge in [-0.15, -0.1) is 5.10 Å². The van der Waals surface area contributed by atoms with Crippen LogP contribution in [0.3, 0.4) is 0 Å². The monoisotopic (exact) mass is 339 g/mol. The first-order chi connectivity index (χ1) is 12.3. The van der Waals surface area contributed by atoms with Gasteiger partial charge in [-0.1, -0.05) is 0 Å². The number of aromatic nitrogens is 7.